The van der Waals surface area contributed by atoms with Crippen LogP contribution < -0.4 is 20.5 Å². The third-order valence-corrected chi connectivity index (χ3v) is 5.72. The second-order valence-corrected chi connectivity index (χ2v) is 8.25. The smallest absolute Gasteiger partial charge is 0.257 e. The summed E-state index contributed by atoms with van der Waals surface area (Å²) >= 11 is 0. The van der Waals surface area contributed by atoms with E-state index in [0.29, 0.717) is 40.9 Å². The zero-order chi connectivity index (χ0) is 23.7. The molecule has 0 saturated heterocycles. The van der Waals surface area contributed by atoms with Crippen molar-refractivity contribution in [3.8, 4) is 22.8 Å². The molecule has 5 rings (SSSR count). The van der Waals surface area contributed by atoms with Crippen LogP contribution in [0, 0.1) is 12.8 Å². The Morgan fingerprint density at radius 2 is 2.12 bits per heavy atom. The minimum absolute atomic E-state index is 0.191. The van der Waals surface area contributed by atoms with E-state index < -0.39 is 0 Å². The molecule has 1 aliphatic carbocycles. The summed E-state index contributed by atoms with van der Waals surface area (Å²) in [6, 6.07) is 9.18. The van der Waals surface area contributed by atoms with Gasteiger partial charge in [0.15, 0.2) is 5.65 Å². The summed E-state index contributed by atoms with van der Waals surface area (Å²) in [7, 11) is 1.49. The highest BCUT2D eigenvalue weighted by Crippen LogP contribution is 2.31. The van der Waals surface area contributed by atoms with Gasteiger partial charge in [0.25, 0.3) is 5.91 Å². The zero-order valence-electron chi connectivity index (χ0n) is 19.0. The average molecular weight is 460 g/mol. The van der Waals surface area contributed by atoms with Crippen molar-refractivity contribution >= 4 is 17.5 Å². The minimum atomic E-state index is -0.322. The lowest BCUT2D eigenvalue weighted by atomic mass is 10.0. The van der Waals surface area contributed by atoms with Crippen molar-refractivity contribution in [1.82, 2.24) is 29.9 Å². The maximum atomic E-state index is 13.2. The molecular weight excluding hydrogens is 434 g/mol. The SMILES string of the molecule is COc1nc(C)c(-c2ccn3nc(N)nc3c2)cc1C(=O)NCc1ncccc1OCC1CC1. The molecule has 1 saturated carbocycles. The summed E-state index contributed by atoms with van der Waals surface area (Å²) < 4.78 is 12.9. The lowest BCUT2D eigenvalue weighted by Crippen LogP contribution is -2.25. The van der Waals surface area contributed by atoms with Gasteiger partial charge in [0.05, 0.1) is 20.3 Å². The fourth-order valence-electron chi connectivity index (χ4n) is 3.70. The summed E-state index contributed by atoms with van der Waals surface area (Å²) in [5.41, 5.74) is 9.62. The Morgan fingerprint density at radius 1 is 1.26 bits per heavy atom. The first-order chi connectivity index (χ1) is 16.5. The van der Waals surface area contributed by atoms with Crippen LogP contribution in [0.1, 0.15) is 34.6 Å². The van der Waals surface area contributed by atoms with Crippen molar-refractivity contribution in [2.45, 2.75) is 26.3 Å². The van der Waals surface area contributed by atoms with Gasteiger partial charge in [-0.25, -0.2) is 9.50 Å². The van der Waals surface area contributed by atoms with Crippen molar-refractivity contribution in [3.05, 3.63) is 59.7 Å². The molecule has 0 spiro atoms. The Balaban J connectivity index is 1.39. The molecule has 4 aromatic heterocycles. The molecule has 1 aliphatic rings. The van der Waals surface area contributed by atoms with Gasteiger partial charge in [-0.15, -0.1) is 5.10 Å². The fourth-order valence-corrected chi connectivity index (χ4v) is 3.70. The van der Waals surface area contributed by atoms with Crippen LogP contribution in [0.5, 0.6) is 11.6 Å². The fraction of sp³-hybridized carbons (Fsp3) is 0.292. The van der Waals surface area contributed by atoms with E-state index in [1.807, 2.05) is 31.2 Å². The van der Waals surface area contributed by atoms with Gasteiger partial charge in [-0.2, -0.15) is 4.98 Å². The van der Waals surface area contributed by atoms with Crippen LogP contribution in [0.4, 0.5) is 5.95 Å². The van der Waals surface area contributed by atoms with E-state index >= 15 is 0 Å². The number of pyridine rings is 3. The normalized spacial score (nSPS) is 13.1. The molecule has 0 bridgehead atoms. The number of aromatic nitrogens is 5. The standard InChI is InChI=1S/C24H25N7O3/c1-14-17(16-7-9-31-21(10-16)29-24(25)30-31)11-18(23(28-14)33-2)22(32)27-12-19-20(4-3-8-26-19)34-13-15-5-6-15/h3-4,7-11,15H,5-6,12-13H2,1-2H3,(H2,25,30)(H,27,32). The number of anilines is 1. The number of rotatable bonds is 8. The topological polar surface area (TPSA) is 130 Å². The number of fused-ring (bicyclic) bond motifs is 1. The van der Waals surface area contributed by atoms with E-state index in [0.717, 1.165) is 11.1 Å². The highest BCUT2D eigenvalue weighted by atomic mass is 16.5. The summed E-state index contributed by atoms with van der Waals surface area (Å²) in [6.45, 7) is 2.75. The first-order valence-corrected chi connectivity index (χ1v) is 11.0. The monoisotopic (exact) mass is 459 g/mol. The van der Waals surface area contributed by atoms with Gasteiger partial charge in [0.2, 0.25) is 11.8 Å². The highest BCUT2D eigenvalue weighted by molar-refractivity contribution is 5.97. The van der Waals surface area contributed by atoms with Crippen LogP contribution in [0.3, 0.4) is 0 Å². The molecule has 1 fully saturated rings. The molecule has 10 heteroatoms. The minimum Gasteiger partial charge on any atom is -0.491 e. The van der Waals surface area contributed by atoms with Crippen LogP contribution in [0.25, 0.3) is 16.8 Å². The molecule has 4 aromatic rings. The van der Waals surface area contributed by atoms with Gasteiger partial charge in [-0.3, -0.25) is 9.78 Å². The lowest BCUT2D eigenvalue weighted by molar-refractivity contribution is 0.0946. The Labute approximate surface area is 196 Å². The number of aryl methyl sites for hydroxylation is 1. The Morgan fingerprint density at radius 3 is 2.91 bits per heavy atom. The maximum Gasteiger partial charge on any atom is 0.257 e. The summed E-state index contributed by atoms with van der Waals surface area (Å²) in [5, 5.41) is 7.02. The first-order valence-electron chi connectivity index (χ1n) is 11.0. The van der Waals surface area contributed by atoms with E-state index in [4.69, 9.17) is 15.2 Å². The number of ether oxygens (including phenoxy) is 2. The van der Waals surface area contributed by atoms with Gasteiger partial charge in [-0.1, -0.05) is 0 Å². The number of hydrogen-bond donors (Lipinski definition) is 2. The van der Waals surface area contributed by atoms with Crippen molar-refractivity contribution in [2.24, 2.45) is 5.92 Å². The number of carbonyl (C=O) groups excluding carboxylic acids is 1. The number of nitrogen functional groups attached to an aromatic ring is 1. The number of methoxy groups -OCH3 is 1. The van der Waals surface area contributed by atoms with Crippen LogP contribution in [-0.2, 0) is 6.54 Å². The number of hydrogen-bond acceptors (Lipinski definition) is 8. The van der Waals surface area contributed by atoms with Gasteiger partial charge in [0, 0.05) is 23.7 Å². The second kappa shape index (κ2) is 8.97. The number of nitrogens with one attached hydrogen (secondary N) is 1. The molecule has 0 unspecified atom stereocenters. The predicted molar refractivity (Wildman–Crippen MR) is 126 cm³/mol. The van der Waals surface area contributed by atoms with E-state index in [9.17, 15) is 4.79 Å². The van der Waals surface area contributed by atoms with Crippen LogP contribution in [0.15, 0.2) is 42.7 Å². The summed E-state index contributed by atoms with van der Waals surface area (Å²) in [6.07, 6.45) is 5.85. The number of nitrogens with zero attached hydrogens (tertiary/aromatic N) is 5. The highest BCUT2D eigenvalue weighted by Gasteiger charge is 2.23. The van der Waals surface area contributed by atoms with Gasteiger partial charge in [0.1, 0.15) is 17.0 Å². The molecule has 174 valence electrons. The first kappa shape index (κ1) is 21.6. The zero-order valence-corrected chi connectivity index (χ0v) is 19.0. The number of amides is 1. The molecule has 1 amide bonds. The van der Waals surface area contributed by atoms with Gasteiger partial charge in [-0.05, 0) is 61.6 Å². The van der Waals surface area contributed by atoms with Gasteiger partial charge < -0.3 is 20.5 Å². The van der Waals surface area contributed by atoms with E-state index in [-0.39, 0.29) is 24.3 Å². The lowest BCUT2D eigenvalue weighted by Gasteiger charge is -2.14. The van der Waals surface area contributed by atoms with E-state index in [1.165, 1.54) is 20.0 Å². The maximum absolute atomic E-state index is 13.2. The van der Waals surface area contributed by atoms with Crippen LogP contribution >= 0.6 is 0 Å². The van der Waals surface area contributed by atoms with Crippen molar-refractivity contribution in [2.75, 3.05) is 19.5 Å². The van der Waals surface area contributed by atoms with Crippen LogP contribution in [-0.4, -0.2) is 44.2 Å². The number of nitrogens with two attached hydrogens (primary N) is 1. The molecule has 0 atom stereocenters. The largest absolute Gasteiger partial charge is 0.491 e. The van der Waals surface area contributed by atoms with Crippen molar-refractivity contribution in [3.63, 3.8) is 0 Å². The van der Waals surface area contributed by atoms with Crippen LogP contribution in [0.2, 0.25) is 0 Å². The van der Waals surface area contributed by atoms with Crippen molar-refractivity contribution in [1.29, 1.82) is 0 Å². The molecule has 3 N–H and O–H groups in total. The molecule has 4 heterocycles. The third-order valence-electron chi connectivity index (χ3n) is 5.72. The van der Waals surface area contributed by atoms with Gasteiger partial charge >= 0.3 is 0 Å². The molecule has 34 heavy (non-hydrogen) atoms. The van der Waals surface area contributed by atoms with E-state index in [2.05, 4.69) is 25.4 Å². The second-order valence-electron chi connectivity index (χ2n) is 8.25. The summed E-state index contributed by atoms with van der Waals surface area (Å²) in [5.74, 6) is 1.43. The Bertz CT molecular complexity index is 1360. The predicted octanol–water partition coefficient (Wildman–Crippen LogP) is 2.80. The third kappa shape index (κ3) is 4.47. The quantitative estimate of drug-likeness (QED) is 0.411. The molecule has 0 radical (unpaired) electrons. The van der Waals surface area contributed by atoms with E-state index in [1.54, 1.807) is 23.0 Å². The van der Waals surface area contributed by atoms with Crippen molar-refractivity contribution < 1.29 is 14.3 Å². The molecule has 10 nitrogen and oxygen atoms in total. The Hall–Kier alpha value is -4.21. The average Bonchev–Trinajstić information content (AvgIpc) is 3.60. The Kier molecular flexibility index (Phi) is 5.70. The molecule has 0 aromatic carbocycles. The molecule has 0 aliphatic heterocycles. The summed E-state index contributed by atoms with van der Waals surface area (Å²) in [4.78, 5) is 26.3. The number of carbonyl (C=O) groups is 1. The molecular formula is C24H25N7O3.